The number of amides is 1. The number of nitrogens with zero attached hydrogens (tertiary/aromatic N) is 2. The summed E-state index contributed by atoms with van der Waals surface area (Å²) in [7, 11) is 1.55. The Balaban J connectivity index is 2.03. The summed E-state index contributed by atoms with van der Waals surface area (Å²) in [5.41, 5.74) is 6.12. The van der Waals surface area contributed by atoms with E-state index in [4.69, 9.17) is 15.2 Å². The molecular formula is C14H18N4O3. The van der Waals surface area contributed by atoms with E-state index in [0.717, 1.165) is 0 Å². The van der Waals surface area contributed by atoms with E-state index in [-0.39, 0.29) is 12.5 Å². The van der Waals surface area contributed by atoms with Gasteiger partial charge in [0.15, 0.2) is 11.5 Å². The fourth-order valence-electron chi connectivity index (χ4n) is 1.83. The monoisotopic (exact) mass is 290 g/mol. The molecule has 7 heteroatoms. The van der Waals surface area contributed by atoms with Crippen LogP contribution in [-0.4, -0.2) is 29.4 Å². The van der Waals surface area contributed by atoms with Crippen molar-refractivity contribution >= 4 is 17.4 Å². The van der Waals surface area contributed by atoms with E-state index in [2.05, 4.69) is 10.4 Å². The van der Waals surface area contributed by atoms with Gasteiger partial charge in [0.25, 0.3) is 0 Å². The highest BCUT2D eigenvalue weighted by Crippen LogP contribution is 2.30. The first-order valence-corrected chi connectivity index (χ1v) is 6.52. The Morgan fingerprint density at radius 3 is 2.81 bits per heavy atom. The SMILES string of the molecule is CCOc1ccc(NC(=O)Cn2ccc(N)n2)cc1OC. The second kappa shape index (κ2) is 6.65. The highest BCUT2D eigenvalue weighted by Gasteiger charge is 2.08. The molecule has 0 fully saturated rings. The summed E-state index contributed by atoms with van der Waals surface area (Å²) in [6, 6.07) is 6.85. The summed E-state index contributed by atoms with van der Waals surface area (Å²) in [5.74, 6) is 1.38. The first kappa shape index (κ1) is 14.7. The number of nitrogen functional groups attached to an aromatic ring is 1. The normalized spacial score (nSPS) is 10.2. The van der Waals surface area contributed by atoms with Crippen molar-refractivity contribution < 1.29 is 14.3 Å². The Hall–Kier alpha value is -2.70. The van der Waals surface area contributed by atoms with Crippen LogP contribution in [0.15, 0.2) is 30.5 Å². The largest absolute Gasteiger partial charge is 0.493 e. The molecule has 112 valence electrons. The average Bonchev–Trinajstić information content (AvgIpc) is 2.85. The number of hydrogen-bond donors (Lipinski definition) is 2. The van der Waals surface area contributed by atoms with E-state index >= 15 is 0 Å². The van der Waals surface area contributed by atoms with E-state index in [0.29, 0.717) is 29.6 Å². The summed E-state index contributed by atoms with van der Waals surface area (Å²) in [4.78, 5) is 11.9. The van der Waals surface area contributed by atoms with Crippen molar-refractivity contribution in [1.29, 1.82) is 0 Å². The molecule has 0 bridgehead atoms. The number of hydrogen-bond acceptors (Lipinski definition) is 5. The molecule has 0 radical (unpaired) electrons. The van der Waals surface area contributed by atoms with Crippen LogP contribution in [0.1, 0.15) is 6.92 Å². The van der Waals surface area contributed by atoms with E-state index in [9.17, 15) is 4.79 Å². The maximum atomic E-state index is 11.9. The molecule has 3 N–H and O–H groups in total. The van der Waals surface area contributed by atoms with Crippen LogP contribution in [0.4, 0.5) is 11.5 Å². The summed E-state index contributed by atoms with van der Waals surface area (Å²) >= 11 is 0. The second-order valence-corrected chi connectivity index (χ2v) is 4.29. The molecule has 0 saturated carbocycles. The number of anilines is 2. The van der Waals surface area contributed by atoms with Gasteiger partial charge in [0.2, 0.25) is 5.91 Å². The lowest BCUT2D eigenvalue weighted by Gasteiger charge is -2.11. The average molecular weight is 290 g/mol. The molecule has 0 aliphatic heterocycles. The summed E-state index contributed by atoms with van der Waals surface area (Å²) < 4.78 is 12.1. The van der Waals surface area contributed by atoms with Crippen LogP contribution < -0.4 is 20.5 Å². The van der Waals surface area contributed by atoms with Crippen LogP contribution in [-0.2, 0) is 11.3 Å². The lowest BCUT2D eigenvalue weighted by molar-refractivity contribution is -0.116. The highest BCUT2D eigenvalue weighted by molar-refractivity contribution is 5.90. The van der Waals surface area contributed by atoms with Crippen LogP contribution in [0.2, 0.25) is 0 Å². The van der Waals surface area contributed by atoms with Crippen molar-refractivity contribution in [1.82, 2.24) is 9.78 Å². The third kappa shape index (κ3) is 3.88. The molecular weight excluding hydrogens is 272 g/mol. The summed E-state index contributed by atoms with van der Waals surface area (Å²) in [6.45, 7) is 2.53. The van der Waals surface area contributed by atoms with Crippen LogP contribution in [0, 0.1) is 0 Å². The molecule has 0 aliphatic carbocycles. The molecule has 0 aliphatic rings. The Labute approximate surface area is 122 Å². The Morgan fingerprint density at radius 2 is 2.19 bits per heavy atom. The number of carbonyl (C=O) groups is 1. The molecule has 1 aromatic carbocycles. The number of benzene rings is 1. The predicted molar refractivity (Wildman–Crippen MR) is 79.4 cm³/mol. The van der Waals surface area contributed by atoms with Crippen molar-refractivity contribution in [3.63, 3.8) is 0 Å². The molecule has 1 heterocycles. The predicted octanol–water partition coefficient (Wildman–Crippen LogP) is 1.51. The Morgan fingerprint density at radius 1 is 1.38 bits per heavy atom. The van der Waals surface area contributed by atoms with E-state index < -0.39 is 0 Å². The number of aromatic nitrogens is 2. The molecule has 1 amide bonds. The zero-order chi connectivity index (χ0) is 15.2. The fourth-order valence-corrected chi connectivity index (χ4v) is 1.83. The number of ether oxygens (including phenoxy) is 2. The Kier molecular flexibility index (Phi) is 4.65. The number of rotatable bonds is 6. The molecule has 7 nitrogen and oxygen atoms in total. The minimum atomic E-state index is -0.204. The second-order valence-electron chi connectivity index (χ2n) is 4.29. The topological polar surface area (TPSA) is 91.4 Å². The lowest BCUT2D eigenvalue weighted by atomic mass is 10.2. The van der Waals surface area contributed by atoms with Gasteiger partial charge in [-0.1, -0.05) is 0 Å². The van der Waals surface area contributed by atoms with Crippen LogP contribution in [0.3, 0.4) is 0 Å². The summed E-state index contributed by atoms with van der Waals surface area (Å²) in [6.07, 6.45) is 1.65. The van der Waals surface area contributed by atoms with Crippen molar-refractivity contribution in [3.05, 3.63) is 30.5 Å². The molecule has 0 atom stereocenters. The van der Waals surface area contributed by atoms with Gasteiger partial charge in [0.1, 0.15) is 12.4 Å². The number of nitrogens with one attached hydrogen (secondary N) is 1. The van der Waals surface area contributed by atoms with Gasteiger partial charge in [-0.05, 0) is 25.1 Å². The summed E-state index contributed by atoms with van der Waals surface area (Å²) in [5, 5.41) is 6.72. The van der Waals surface area contributed by atoms with Gasteiger partial charge in [0.05, 0.1) is 13.7 Å². The van der Waals surface area contributed by atoms with E-state index in [1.165, 1.54) is 4.68 Å². The smallest absolute Gasteiger partial charge is 0.246 e. The third-order valence-electron chi connectivity index (χ3n) is 2.71. The van der Waals surface area contributed by atoms with Gasteiger partial charge in [-0.2, -0.15) is 5.10 Å². The van der Waals surface area contributed by atoms with Crippen molar-refractivity contribution in [2.75, 3.05) is 24.8 Å². The molecule has 0 saturated heterocycles. The van der Waals surface area contributed by atoms with Gasteiger partial charge >= 0.3 is 0 Å². The highest BCUT2D eigenvalue weighted by atomic mass is 16.5. The lowest BCUT2D eigenvalue weighted by Crippen LogP contribution is -2.19. The van der Waals surface area contributed by atoms with Gasteiger partial charge < -0.3 is 20.5 Å². The van der Waals surface area contributed by atoms with Crippen molar-refractivity contribution in [2.24, 2.45) is 0 Å². The van der Waals surface area contributed by atoms with Gasteiger partial charge in [0, 0.05) is 18.0 Å². The fraction of sp³-hybridized carbons (Fsp3) is 0.286. The standard InChI is InChI=1S/C14H18N4O3/c1-3-21-11-5-4-10(8-12(11)20-2)16-14(19)9-18-7-6-13(15)17-18/h4-8H,3,9H2,1-2H3,(H2,15,17)(H,16,19). The molecule has 2 aromatic rings. The maximum Gasteiger partial charge on any atom is 0.246 e. The van der Waals surface area contributed by atoms with E-state index in [1.54, 1.807) is 37.6 Å². The number of nitrogens with two attached hydrogens (primary N) is 1. The molecule has 21 heavy (non-hydrogen) atoms. The van der Waals surface area contributed by atoms with Crippen molar-refractivity contribution in [3.8, 4) is 11.5 Å². The molecule has 2 rings (SSSR count). The first-order valence-electron chi connectivity index (χ1n) is 6.52. The Bertz CT molecular complexity index is 624. The first-order chi connectivity index (χ1) is 10.1. The quantitative estimate of drug-likeness (QED) is 0.841. The van der Waals surface area contributed by atoms with Crippen LogP contribution >= 0.6 is 0 Å². The third-order valence-corrected chi connectivity index (χ3v) is 2.71. The number of carbonyl (C=O) groups excluding carboxylic acids is 1. The molecule has 1 aromatic heterocycles. The van der Waals surface area contributed by atoms with Crippen molar-refractivity contribution in [2.45, 2.75) is 13.5 Å². The zero-order valence-electron chi connectivity index (χ0n) is 12.0. The minimum absolute atomic E-state index is 0.0900. The molecule has 0 unspecified atom stereocenters. The minimum Gasteiger partial charge on any atom is -0.493 e. The zero-order valence-corrected chi connectivity index (χ0v) is 12.0. The van der Waals surface area contributed by atoms with Crippen LogP contribution in [0.5, 0.6) is 11.5 Å². The van der Waals surface area contributed by atoms with Gasteiger partial charge in [-0.3, -0.25) is 9.48 Å². The number of methoxy groups -OCH3 is 1. The van der Waals surface area contributed by atoms with E-state index in [1.807, 2.05) is 6.92 Å². The maximum absolute atomic E-state index is 11.9. The van der Waals surface area contributed by atoms with Crippen LogP contribution in [0.25, 0.3) is 0 Å². The van der Waals surface area contributed by atoms with Gasteiger partial charge in [-0.15, -0.1) is 0 Å². The van der Waals surface area contributed by atoms with Gasteiger partial charge in [-0.25, -0.2) is 0 Å². The molecule has 0 spiro atoms.